The Balaban J connectivity index is 4.13. The first-order valence-electron chi connectivity index (χ1n) is 8.26. The van der Waals surface area contributed by atoms with Gasteiger partial charge in [-0.05, 0) is 30.6 Å². The molecule has 0 fully saturated rings. The Hall–Kier alpha value is -0.260. The number of rotatable bonds is 12. The normalized spacial score (nSPS) is 16.2. The maximum absolute atomic E-state index is 3.88. The average Bonchev–Trinajstić information content (AvgIpc) is 2.34. The number of unbranched alkanes of at least 4 members (excludes halogenated alkanes) is 3. The fourth-order valence-electron chi connectivity index (χ4n) is 2.95. The van der Waals surface area contributed by atoms with Crippen molar-refractivity contribution in [2.24, 2.45) is 17.8 Å². The number of hydrogen-bond acceptors (Lipinski definition) is 0. The fraction of sp³-hybridized carbons (Fsp3) is 0.889. The van der Waals surface area contributed by atoms with E-state index in [0.717, 1.165) is 17.8 Å². The summed E-state index contributed by atoms with van der Waals surface area (Å²) < 4.78 is 0. The molecule has 0 aliphatic heterocycles. The molecule has 0 bridgehead atoms. The summed E-state index contributed by atoms with van der Waals surface area (Å²) in [7, 11) is 0. The van der Waals surface area contributed by atoms with Gasteiger partial charge in [0.25, 0.3) is 0 Å². The molecule has 18 heavy (non-hydrogen) atoms. The van der Waals surface area contributed by atoms with Crippen molar-refractivity contribution in [3.05, 3.63) is 12.7 Å². The van der Waals surface area contributed by atoms with Gasteiger partial charge in [0, 0.05) is 0 Å². The van der Waals surface area contributed by atoms with Gasteiger partial charge in [0.1, 0.15) is 0 Å². The van der Waals surface area contributed by atoms with Crippen LogP contribution in [-0.2, 0) is 0 Å². The van der Waals surface area contributed by atoms with Crippen LogP contribution in [0.3, 0.4) is 0 Å². The van der Waals surface area contributed by atoms with Gasteiger partial charge in [-0.15, -0.1) is 6.58 Å². The summed E-state index contributed by atoms with van der Waals surface area (Å²) in [5.74, 6) is 2.67. The third kappa shape index (κ3) is 8.78. The standard InChI is InChI=1S/C18H36/c1-6-9-11-13-17(5)18(14-10-7-2)15-16(4)12-8-3/h8,16-18H,3,6-7,9-15H2,1-2,4-5H3. The quantitative estimate of drug-likeness (QED) is 0.271. The van der Waals surface area contributed by atoms with Gasteiger partial charge in [-0.3, -0.25) is 0 Å². The average molecular weight is 252 g/mol. The zero-order valence-electron chi connectivity index (χ0n) is 13.4. The van der Waals surface area contributed by atoms with Crippen LogP contribution in [0.1, 0.15) is 85.5 Å². The maximum Gasteiger partial charge on any atom is -0.0327 e. The summed E-state index contributed by atoms with van der Waals surface area (Å²) in [5.41, 5.74) is 0. The molecule has 0 heteroatoms. The second kappa shape index (κ2) is 11.8. The Kier molecular flexibility index (Phi) is 11.6. The molecule has 0 aromatic carbocycles. The van der Waals surface area contributed by atoms with Crippen LogP contribution in [0, 0.1) is 17.8 Å². The van der Waals surface area contributed by atoms with Crippen LogP contribution in [0.4, 0.5) is 0 Å². The minimum absolute atomic E-state index is 0.818. The third-order valence-electron chi connectivity index (χ3n) is 4.27. The van der Waals surface area contributed by atoms with Crippen molar-refractivity contribution in [1.82, 2.24) is 0 Å². The predicted molar refractivity (Wildman–Crippen MR) is 84.9 cm³/mol. The smallest absolute Gasteiger partial charge is 0.0327 e. The van der Waals surface area contributed by atoms with E-state index in [2.05, 4.69) is 40.3 Å². The van der Waals surface area contributed by atoms with Crippen molar-refractivity contribution in [2.45, 2.75) is 85.5 Å². The number of allylic oxidation sites excluding steroid dienone is 1. The molecular weight excluding hydrogens is 216 g/mol. The van der Waals surface area contributed by atoms with Crippen molar-refractivity contribution >= 4 is 0 Å². The molecule has 0 nitrogen and oxygen atoms in total. The summed E-state index contributed by atoms with van der Waals surface area (Å²) in [6.07, 6.45) is 14.5. The molecule has 3 unspecified atom stereocenters. The highest BCUT2D eigenvalue weighted by atomic mass is 14.2. The van der Waals surface area contributed by atoms with Crippen molar-refractivity contribution in [3.8, 4) is 0 Å². The van der Waals surface area contributed by atoms with Crippen molar-refractivity contribution in [3.63, 3.8) is 0 Å². The lowest BCUT2D eigenvalue weighted by molar-refractivity contribution is 0.252. The SMILES string of the molecule is C=CCC(C)CC(CCCC)C(C)CCCCC. The van der Waals surface area contributed by atoms with Gasteiger partial charge < -0.3 is 0 Å². The topological polar surface area (TPSA) is 0 Å². The minimum atomic E-state index is 0.818. The molecule has 0 spiro atoms. The maximum atomic E-state index is 3.88. The molecule has 0 radical (unpaired) electrons. The van der Waals surface area contributed by atoms with Gasteiger partial charge in [0.2, 0.25) is 0 Å². The zero-order chi connectivity index (χ0) is 13.8. The van der Waals surface area contributed by atoms with Gasteiger partial charge in [0.15, 0.2) is 0 Å². The first-order chi connectivity index (χ1) is 8.65. The molecular formula is C18H36. The van der Waals surface area contributed by atoms with Crippen LogP contribution < -0.4 is 0 Å². The van der Waals surface area contributed by atoms with E-state index in [-0.39, 0.29) is 0 Å². The van der Waals surface area contributed by atoms with Crippen LogP contribution in [0.25, 0.3) is 0 Å². The molecule has 3 atom stereocenters. The molecule has 0 heterocycles. The van der Waals surface area contributed by atoms with E-state index < -0.39 is 0 Å². The van der Waals surface area contributed by atoms with Crippen LogP contribution in [0.5, 0.6) is 0 Å². The summed E-state index contributed by atoms with van der Waals surface area (Å²) in [5, 5.41) is 0. The molecule has 0 N–H and O–H groups in total. The summed E-state index contributed by atoms with van der Waals surface area (Å²) >= 11 is 0. The Labute approximate surface area is 116 Å². The van der Waals surface area contributed by atoms with Crippen molar-refractivity contribution in [1.29, 1.82) is 0 Å². The predicted octanol–water partition coefficient (Wildman–Crippen LogP) is 6.61. The molecule has 108 valence electrons. The molecule has 0 rings (SSSR count). The Bertz CT molecular complexity index is 182. The van der Waals surface area contributed by atoms with E-state index in [9.17, 15) is 0 Å². The lowest BCUT2D eigenvalue weighted by Gasteiger charge is -2.26. The molecule has 0 saturated heterocycles. The van der Waals surface area contributed by atoms with Crippen molar-refractivity contribution < 1.29 is 0 Å². The van der Waals surface area contributed by atoms with E-state index in [1.807, 2.05) is 0 Å². The van der Waals surface area contributed by atoms with E-state index in [4.69, 9.17) is 0 Å². The van der Waals surface area contributed by atoms with Gasteiger partial charge in [-0.2, -0.15) is 0 Å². The second-order valence-corrected chi connectivity index (χ2v) is 6.24. The molecule has 0 aliphatic rings. The Morgan fingerprint density at radius 1 is 0.944 bits per heavy atom. The van der Waals surface area contributed by atoms with Gasteiger partial charge in [-0.25, -0.2) is 0 Å². The Morgan fingerprint density at radius 3 is 2.17 bits per heavy atom. The lowest BCUT2D eigenvalue weighted by Crippen LogP contribution is -2.15. The monoisotopic (exact) mass is 252 g/mol. The molecule has 0 aromatic heterocycles. The first kappa shape index (κ1) is 17.7. The largest absolute Gasteiger partial charge is 0.103 e. The van der Waals surface area contributed by atoms with Crippen molar-refractivity contribution in [2.75, 3.05) is 0 Å². The number of hydrogen-bond donors (Lipinski definition) is 0. The van der Waals surface area contributed by atoms with E-state index in [1.165, 1.54) is 57.8 Å². The minimum Gasteiger partial charge on any atom is -0.103 e. The highest BCUT2D eigenvalue weighted by molar-refractivity contribution is 4.75. The van der Waals surface area contributed by atoms with Crippen LogP contribution in [0.15, 0.2) is 12.7 Å². The third-order valence-corrected chi connectivity index (χ3v) is 4.27. The lowest BCUT2D eigenvalue weighted by atomic mass is 9.79. The molecule has 0 aromatic rings. The van der Waals surface area contributed by atoms with Gasteiger partial charge in [0.05, 0.1) is 0 Å². The second-order valence-electron chi connectivity index (χ2n) is 6.24. The first-order valence-corrected chi connectivity index (χ1v) is 8.26. The van der Waals surface area contributed by atoms with E-state index in [0.29, 0.717) is 0 Å². The summed E-state index contributed by atoms with van der Waals surface area (Å²) in [4.78, 5) is 0. The fourth-order valence-corrected chi connectivity index (χ4v) is 2.95. The highest BCUT2D eigenvalue weighted by Crippen LogP contribution is 2.30. The van der Waals surface area contributed by atoms with E-state index >= 15 is 0 Å². The zero-order valence-corrected chi connectivity index (χ0v) is 13.4. The van der Waals surface area contributed by atoms with Crippen LogP contribution >= 0.6 is 0 Å². The molecule has 0 saturated carbocycles. The molecule has 0 amide bonds. The van der Waals surface area contributed by atoms with E-state index in [1.54, 1.807) is 0 Å². The highest BCUT2D eigenvalue weighted by Gasteiger charge is 2.18. The van der Waals surface area contributed by atoms with Gasteiger partial charge >= 0.3 is 0 Å². The Morgan fingerprint density at radius 2 is 1.61 bits per heavy atom. The summed E-state index contributed by atoms with van der Waals surface area (Å²) in [6.45, 7) is 13.4. The summed E-state index contributed by atoms with van der Waals surface area (Å²) in [6, 6.07) is 0. The van der Waals surface area contributed by atoms with Crippen LogP contribution in [0.2, 0.25) is 0 Å². The van der Waals surface area contributed by atoms with Gasteiger partial charge in [-0.1, -0.05) is 78.7 Å². The van der Waals surface area contributed by atoms with Crippen LogP contribution in [-0.4, -0.2) is 0 Å². The molecule has 0 aliphatic carbocycles.